The zero-order valence-electron chi connectivity index (χ0n) is 10.7. The molecule has 0 bridgehead atoms. The molecule has 2 N–H and O–H groups in total. The maximum atomic E-state index is 11.9. The van der Waals surface area contributed by atoms with Gasteiger partial charge in [0, 0.05) is 29.5 Å². The molecule has 0 unspecified atom stereocenters. The first-order valence-electron chi connectivity index (χ1n) is 6.38. The fourth-order valence-electron chi connectivity index (χ4n) is 2.17. The van der Waals surface area contributed by atoms with Crippen LogP contribution in [0.25, 0.3) is 0 Å². The number of hydrogen-bond donors (Lipinski definition) is 2. The van der Waals surface area contributed by atoms with Crippen LogP contribution in [0, 0.1) is 12.8 Å². The number of urea groups is 1. The van der Waals surface area contributed by atoms with Crippen LogP contribution >= 0.6 is 11.3 Å². The summed E-state index contributed by atoms with van der Waals surface area (Å²) in [6.07, 6.45) is 1.81. The Morgan fingerprint density at radius 1 is 1.50 bits per heavy atom. The summed E-state index contributed by atoms with van der Waals surface area (Å²) in [7, 11) is 0. The Kier molecular flexibility index (Phi) is 4.60. The molecule has 0 aliphatic carbocycles. The molecule has 0 spiro atoms. The lowest BCUT2D eigenvalue weighted by atomic mass is 9.98. The van der Waals surface area contributed by atoms with E-state index >= 15 is 0 Å². The van der Waals surface area contributed by atoms with Gasteiger partial charge in [-0.1, -0.05) is 0 Å². The number of amides is 2. The number of aryl methyl sites for hydroxylation is 1. The Bertz CT molecular complexity index is 397. The van der Waals surface area contributed by atoms with Crippen LogP contribution < -0.4 is 5.32 Å². The van der Waals surface area contributed by atoms with E-state index in [4.69, 9.17) is 5.11 Å². The molecule has 18 heavy (non-hydrogen) atoms. The summed E-state index contributed by atoms with van der Waals surface area (Å²) in [5.74, 6) is 0.369. The van der Waals surface area contributed by atoms with Gasteiger partial charge in [0.1, 0.15) is 0 Å². The average molecular weight is 268 g/mol. The van der Waals surface area contributed by atoms with Gasteiger partial charge in [0.25, 0.3) is 0 Å². The number of nitrogens with zero attached hydrogens (tertiary/aromatic N) is 1. The molecule has 5 heteroatoms. The average Bonchev–Trinajstić information content (AvgIpc) is 2.82. The summed E-state index contributed by atoms with van der Waals surface area (Å²) in [6.45, 7) is 4.41. The lowest BCUT2D eigenvalue weighted by molar-refractivity contribution is 0.137. The minimum Gasteiger partial charge on any atom is -0.396 e. The molecule has 0 radical (unpaired) electrons. The molecular weight excluding hydrogens is 248 g/mol. The highest BCUT2D eigenvalue weighted by Gasteiger charge is 2.21. The van der Waals surface area contributed by atoms with Crippen molar-refractivity contribution in [2.75, 3.05) is 19.7 Å². The predicted octanol–water partition coefficient (Wildman–Crippen LogP) is 1.97. The van der Waals surface area contributed by atoms with E-state index in [9.17, 15) is 4.79 Å². The highest BCUT2D eigenvalue weighted by Crippen LogP contribution is 2.17. The van der Waals surface area contributed by atoms with Crippen LogP contribution in [0.4, 0.5) is 4.79 Å². The largest absolute Gasteiger partial charge is 0.396 e. The van der Waals surface area contributed by atoms with Gasteiger partial charge in [-0.3, -0.25) is 0 Å². The molecule has 0 aromatic carbocycles. The minimum absolute atomic E-state index is 0.0115. The van der Waals surface area contributed by atoms with Gasteiger partial charge in [-0.05, 0) is 37.8 Å². The molecule has 4 nitrogen and oxygen atoms in total. The van der Waals surface area contributed by atoms with Crippen molar-refractivity contribution in [3.05, 3.63) is 21.9 Å². The van der Waals surface area contributed by atoms with Crippen molar-refractivity contribution in [3.8, 4) is 0 Å². The zero-order valence-corrected chi connectivity index (χ0v) is 11.5. The van der Waals surface area contributed by atoms with Gasteiger partial charge in [-0.25, -0.2) is 4.79 Å². The molecule has 1 saturated heterocycles. The van der Waals surface area contributed by atoms with E-state index in [-0.39, 0.29) is 12.6 Å². The van der Waals surface area contributed by atoms with Crippen molar-refractivity contribution in [2.24, 2.45) is 5.92 Å². The molecule has 100 valence electrons. The lowest BCUT2D eigenvalue weighted by Gasteiger charge is -2.31. The quantitative estimate of drug-likeness (QED) is 0.880. The standard InChI is InChI=1S/C13H20N2O2S/c1-10-2-3-12(18-10)8-14-13(17)15-6-4-11(9-16)5-7-15/h2-3,11,16H,4-9H2,1H3,(H,14,17). The molecule has 1 aromatic rings. The number of thiophene rings is 1. The number of hydrogen-bond acceptors (Lipinski definition) is 3. The van der Waals surface area contributed by atoms with Gasteiger partial charge in [-0.15, -0.1) is 11.3 Å². The van der Waals surface area contributed by atoms with E-state index in [1.165, 1.54) is 9.75 Å². The fraction of sp³-hybridized carbons (Fsp3) is 0.615. The van der Waals surface area contributed by atoms with Crippen molar-refractivity contribution < 1.29 is 9.90 Å². The lowest BCUT2D eigenvalue weighted by Crippen LogP contribution is -2.44. The zero-order chi connectivity index (χ0) is 13.0. The number of carbonyl (C=O) groups excluding carboxylic acids is 1. The number of nitrogens with one attached hydrogen (secondary N) is 1. The predicted molar refractivity (Wildman–Crippen MR) is 72.7 cm³/mol. The summed E-state index contributed by atoms with van der Waals surface area (Å²) in [5.41, 5.74) is 0. The maximum absolute atomic E-state index is 11.9. The monoisotopic (exact) mass is 268 g/mol. The SMILES string of the molecule is Cc1ccc(CNC(=O)N2CCC(CO)CC2)s1. The molecule has 1 aromatic heterocycles. The first-order chi connectivity index (χ1) is 8.69. The third-order valence-electron chi connectivity index (χ3n) is 3.37. The molecule has 2 rings (SSSR count). The summed E-state index contributed by atoms with van der Waals surface area (Å²) in [5, 5.41) is 12.0. The molecule has 0 saturated carbocycles. The van der Waals surface area contributed by atoms with Gasteiger partial charge >= 0.3 is 6.03 Å². The van der Waals surface area contributed by atoms with Crippen LogP contribution in [0.1, 0.15) is 22.6 Å². The Labute approximate surface area is 112 Å². The third-order valence-corrected chi connectivity index (χ3v) is 4.37. The molecule has 2 amide bonds. The maximum Gasteiger partial charge on any atom is 0.317 e. The second-order valence-electron chi connectivity index (χ2n) is 4.78. The summed E-state index contributed by atoms with van der Waals surface area (Å²) in [4.78, 5) is 16.2. The van der Waals surface area contributed by atoms with E-state index in [1.807, 2.05) is 4.90 Å². The highest BCUT2D eigenvalue weighted by molar-refractivity contribution is 7.11. The van der Waals surface area contributed by atoms with Crippen LogP contribution in [0.5, 0.6) is 0 Å². The van der Waals surface area contributed by atoms with Crippen molar-refractivity contribution in [1.82, 2.24) is 10.2 Å². The van der Waals surface area contributed by atoms with E-state index in [1.54, 1.807) is 11.3 Å². The molecular formula is C13H20N2O2S. The van der Waals surface area contributed by atoms with Crippen molar-refractivity contribution in [2.45, 2.75) is 26.3 Å². The van der Waals surface area contributed by atoms with Crippen LogP contribution in [0.2, 0.25) is 0 Å². The molecule has 1 aliphatic rings. The number of carbonyl (C=O) groups is 1. The van der Waals surface area contributed by atoms with Crippen molar-refractivity contribution >= 4 is 17.4 Å². The van der Waals surface area contributed by atoms with Gasteiger partial charge in [-0.2, -0.15) is 0 Å². The first-order valence-corrected chi connectivity index (χ1v) is 7.19. The summed E-state index contributed by atoms with van der Waals surface area (Å²) in [6, 6.07) is 4.13. The van der Waals surface area contributed by atoms with Gasteiger partial charge < -0.3 is 15.3 Å². The smallest absolute Gasteiger partial charge is 0.317 e. The van der Waals surface area contributed by atoms with Crippen LogP contribution in [0.15, 0.2) is 12.1 Å². The van der Waals surface area contributed by atoms with Crippen molar-refractivity contribution in [1.29, 1.82) is 0 Å². The summed E-state index contributed by atoms with van der Waals surface area (Å²) >= 11 is 1.71. The number of rotatable bonds is 3. The van der Waals surface area contributed by atoms with Gasteiger partial charge in [0.05, 0.1) is 6.54 Å². The fourth-order valence-corrected chi connectivity index (χ4v) is 3.00. The minimum atomic E-state index is 0.0115. The molecule has 1 fully saturated rings. The Morgan fingerprint density at radius 2 is 2.22 bits per heavy atom. The normalized spacial score (nSPS) is 16.9. The molecule has 2 heterocycles. The van der Waals surface area contributed by atoms with E-state index in [2.05, 4.69) is 24.4 Å². The third kappa shape index (κ3) is 3.46. The van der Waals surface area contributed by atoms with Crippen LogP contribution in [-0.4, -0.2) is 35.7 Å². The Hall–Kier alpha value is -1.07. The second kappa shape index (κ2) is 6.20. The summed E-state index contributed by atoms with van der Waals surface area (Å²) < 4.78 is 0. The molecule has 1 aliphatic heterocycles. The second-order valence-corrected chi connectivity index (χ2v) is 6.16. The van der Waals surface area contributed by atoms with Crippen molar-refractivity contribution in [3.63, 3.8) is 0 Å². The number of likely N-dealkylation sites (tertiary alicyclic amines) is 1. The van der Waals surface area contributed by atoms with Crippen LogP contribution in [-0.2, 0) is 6.54 Å². The van der Waals surface area contributed by atoms with Crippen LogP contribution in [0.3, 0.4) is 0 Å². The topological polar surface area (TPSA) is 52.6 Å². The number of aliphatic hydroxyl groups is 1. The Balaban J connectivity index is 1.75. The first kappa shape index (κ1) is 13.4. The van der Waals surface area contributed by atoms with E-state index in [0.717, 1.165) is 25.9 Å². The van der Waals surface area contributed by atoms with E-state index in [0.29, 0.717) is 12.5 Å². The molecule has 0 atom stereocenters. The van der Waals surface area contributed by atoms with Gasteiger partial charge in [0.15, 0.2) is 0 Å². The Morgan fingerprint density at radius 3 is 2.78 bits per heavy atom. The van der Waals surface area contributed by atoms with Gasteiger partial charge in [0.2, 0.25) is 0 Å². The van der Waals surface area contributed by atoms with E-state index < -0.39 is 0 Å². The highest BCUT2D eigenvalue weighted by atomic mass is 32.1. The number of piperidine rings is 1. The number of aliphatic hydroxyl groups excluding tert-OH is 1.